The summed E-state index contributed by atoms with van der Waals surface area (Å²) in [5.74, 6) is 0. The number of unbranched alkanes of at least 4 members (excludes halogenated alkanes) is 1. The fourth-order valence-corrected chi connectivity index (χ4v) is 4.05. The fourth-order valence-electron chi connectivity index (χ4n) is 4.05. The van der Waals surface area contributed by atoms with Crippen LogP contribution in [0.2, 0.25) is 0 Å². The second-order valence-electron chi connectivity index (χ2n) is 7.89. The van der Waals surface area contributed by atoms with E-state index in [4.69, 9.17) is 0 Å². The molecule has 3 atom stereocenters. The van der Waals surface area contributed by atoms with Gasteiger partial charge in [-0.3, -0.25) is 0 Å². The zero-order valence-corrected chi connectivity index (χ0v) is 14.2. The van der Waals surface area contributed by atoms with Gasteiger partial charge in [-0.25, -0.2) is 0 Å². The first-order valence-electron chi connectivity index (χ1n) is 8.55. The lowest BCUT2D eigenvalue weighted by atomic mass is 9.59. The summed E-state index contributed by atoms with van der Waals surface area (Å²) >= 11 is 0. The van der Waals surface area contributed by atoms with E-state index in [0.29, 0.717) is 6.42 Å². The van der Waals surface area contributed by atoms with Gasteiger partial charge < -0.3 is 10.2 Å². The average Bonchev–Trinajstić information content (AvgIpc) is 2.43. The molecule has 2 N–H and O–H groups in total. The van der Waals surface area contributed by atoms with Crippen LogP contribution in [0, 0.1) is 10.8 Å². The lowest BCUT2D eigenvalue weighted by Crippen LogP contribution is -2.56. The number of rotatable bonds is 3. The van der Waals surface area contributed by atoms with E-state index in [1.807, 2.05) is 0 Å². The first kappa shape index (κ1) is 16.8. The molecule has 0 unspecified atom stereocenters. The summed E-state index contributed by atoms with van der Waals surface area (Å²) in [4.78, 5) is 0. The topological polar surface area (TPSA) is 40.5 Å². The van der Waals surface area contributed by atoms with E-state index in [0.717, 1.165) is 44.1 Å². The van der Waals surface area contributed by atoms with Crippen molar-refractivity contribution in [1.29, 1.82) is 0 Å². The van der Waals surface area contributed by atoms with Crippen LogP contribution in [0.25, 0.3) is 0 Å². The molecule has 2 aliphatic rings. The van der Waals surface area contributed by atoms with Crippen LogP contribution in [0.1, 0.15) is 72.6 Å². The summed E-state index contributed by atoms with van der Waals surface area (Å²) in [5.41, 5.74) is -0.416. The Morgan fingerprint density at radius 1 is 1.29 bits per heavy atom. The molecule has 0 saturated heterocycles. The van der Waals surface area contributed by atoms with Crippen LogP contribution < -0.4 is 0 Å². The SMILES string of the molecule is CCCC[C@]1(O)[C@H](O)C2=CCCC[C@@]2(C)/C=C\CC1(C)C. The summed E-state index contributed by atoms with van der Waals surface area (Å²) in [6, 6.07) is 0. The number of allylic oxidation sites excluding steroid dienone is 3. The number of hydrogen-bond acceptors (Lipinski definition) is 2. The fraction of sp³-hybridized carbons (Fsp3) is 0.789. The highest BCUT2D eigenvalue weighted by molar-refractivity contribution is 5.32. The molecule has 2 aliphatic carbocycles. The third kappa shape index (κ3) is 2.85. The second kappa shape index (κ2) is 5.89. The number of aliphatic hydroxyl groups excluding tert-OH is 1. The summed E-state index contributed by atoms with van der Waals surface area (Å²) < 4.78 is 0. The van der Waals surface area contributed by atoms with Gasteiger partial charge in [-0.2, -0.15) is 0 Å². The molecule has 0 spiro atoms. The highest BCUT2D eigenvalue weighted by atomic mass is 16.3. The first-order valence-corrected chi connectivity index (χ1v) is 8.55. The van der Waals surface area contributed by atoms with Crippen LogP contribution in [0.15, 0.2) is 23.8 Å². The number of aliphatic hydroxyl groups is 2. The van der Waals surface area contributed by atoms with Crippen molar-refractivity contribution >= 4 is 0 Å². The minimum Gasteiger partial charge on any atom is -0.386 e. The predicted molar refractivity (Wildman–Crippen MR) is 88.1 cm³/mol. The predicted octanol–water partition coefficient (Wildman–Crippen LogP) is 4.37. The van der Waals surface area contributed by atoms with Gasteiger partial charge in [-0.05, 0) is 43.1 Å². The maximum atomic E-state index is 11.4. The van der Waals surface area contributed by atoms with E-state index in [1.165, 1.54) is 0 Å². The van der Waals surface area contributed by atoms with Crippen LogP contribution in [-0.4, -0.2) is 21.9 Å². The molecular weight excluding hydrogens is 260 g/mol. The van der Waals surface area contributed by atoms with Gasteiger partial charge in [0.25, 0.3) is 0 Å². The molecule has 0 aliphatic heterocycles. The Balaban J connectivity index is 2.47. The third-order valence-corrected chi connectivity index (χ3v) is 5.87. The van der Waals surface area contributed by atoms with E-state index >= 15 is 0 Å². The molecule has 2 heteroatoms. The standard InChI is InChI=1S/C19H32O2/c1-5-6-14-19(21)16(20)15-10-7-8-12-18(15,4)13-9-11-17(19,2)3/h9-10,13,16,20-21H,5-8,11-12,14H2,1-4H3/b13-9-/t16-,18+,19+/m1/s1. The monoisotopic (exact) mass is 292 g/mol. The van der Waals surface area contributed by atoms with Gasteiger partial charge in [0, 0.05) is 5.41 Å². The minimum absolute atomic E-state index is 0.0889. The van der Waals surface area contributed by atoms with Crippen molar-refractivity contribution in [3.8, 4) is 0 Å². The summed E-state index contributed by atoms with van der Waals surface area (Å²) in [5, 5.41) is 22.5. The quantitative estimate of drug-likeness (QED) is 0.758. The van der Waals surface area contributed by atoms with E-state index < -0.39 is 11.7 Å². The minimum atomic E-state index is -1.04. The van der Waals surface area contributed by atoms with Crippen molar-refractivity contribution in [1.82, 2.24) is 0 Å². The van der Waals surface area contributed by atoms with E-state index in [2.05, 4.69) is 45.9 Å². The molecule has 0 amide bonds. The lowest BCUT2D eigenvalue weighted by Gasteiger charge is -2.51. The summed E-state index contributed by atoms with van der Waals surface area (Å²) in [6.07, 6.45) is 12.6. The molecule has 2 rings (SSSR count). The maximum Gasteiger partial charge on any atom is 0.105 e. The smallest absolute Gasteiger partial charge is 0.105 e. The van der Waals surface area contributed by atoms with Gasteiger partial charge >= 0.3 is 0 Å². The number of hydrogen-bond donors (Lipinski definition) is 2. The molecule has 0 aromatic rings. The van der Waals surface area contributed by atoms with Gasteiger partial charge in [-0.1, -0.05) is 58.8 Å². The summed E-state index contributed by atoms with van der Waals surface area (Å²) in [7, 11) is 0. The second-order valence-corrected chi connectivity index (χ2v) is 7.89. The highest BCUT2D eigenvalue weighted by Crippen LogP contribution is 2.51. The Bertz CT molecular complexity index is 435. The normalized spacial score (nSPS) is 40.7. The zero-order valence-electron chi connectivity index (χ0n) is 14.2. The van der Waals surface area contributed by atoms with E-state index in [-0.39, 0.29) is 10.8 Å². The Labute approximate surface area is 130 Å². The molecule has 0 bridgehead atoms. The average molecular weight is 292 g/mol. The molecule has 0 aromatic heterocycles. The van der Waals surface area contributed by atoms with Crippen LogP contribution >= 0.6 is 0 Å². The van der Waals surface area contributed by atoms with Crippen molar-refractivity contribution in [2.45, 2.75) is 84.3 Å². The molecule has 0 radical (unpaired) electrons. The zero-order chi connectivity index (χ0) is 15.7. The van der Waals surface area contributed by atoms with Crippen molar-refractivity contribution in [3.05, 3.63) is 23.8 Å². The highest BCUT2D eigenvalue weighted by Gasteiger charge is 2.52. The Kier molecular flexibility index (Phi) is 4.70. The summed E-state index contributed by atoms with van der Waals surface area (Å²) in [6.45, 7) is 8.51. The number of fused-ring (bicyclic) bond motifs is 1. The van der Waals surface area contributed by atoms with Crippen molar-refractivity contribution in [2.24, 2.45) is 10.8 Å². The van der Waals surface area contributed by atoms with Crippen LogP contribution in [0.5, 0.6) is 0 Å². The first-order chi connectivity index (χ1) is 9.77. The third-order valence-electron chi connectivity index (χ3n) is 5.87. The molecule has 0 saturated carbocycles. The van der Waals surface area contributed by atoms with Crippen molar-refractivity contribution < 1.29 is 10.2 Å². The molecule has 120 valence electrons. The van der Waals surface area contributed by atoms with E-state index in [1.54, 1.807) is 0 Å². The molecule has 21 heavy (non-hydrogen) atoms. The maximum absolute atomic E-state index is 11.4. The van der Waals surface area contributed by atoms with Crippen molar-refractivity contribution in [2.75, 3.05) is 0 Å². The Morgan fingerprint density at radius 3 is 2.67 bits per heavy atom. The largest absolute Gasteiger partial charge is 0.386 e. The van der Waals surface area contributed by atoms with E-state index in [9.17, 15) is 10.2 Å². The van der Waals surface area contributed by atoms with Crippen LogP contribution in [0.4, 0.5) is 0 Å². The molecule has 0 heterocycles. The Morgan fingerprint density at radius 2 is 2.00 bits per heavy atom. The van der Waals surface area contributed by atoms with Gasteiger partial charge in [-0.15, -0.1) is 0 Å². The molecule has 0 fully saturated rings. The van der Waals surface area contributed by atoms with Crippen molar-refractivity contribution in [3.63, 3.8) is 0 Å². The van der Waals surface area contributed by atoms with Gasteiger partial charge in [0.05, 0.1) is 5.60 Å². The Hall–Kier alpha value is -0.600. The molecule has 0 aromatic carbocycles. The van der Waals surface area contributed by atoms with Gasteiger partial charge in [0.1, 0.15) is 6.10 Å². The lowest BCUT2D eigenvalue weighted by molar-refractivity contribution is -0.145. The molecular formula is C19H32O2. The van der Waals surface area contributed by atoms with Gasteiger partial charge in [0.2, 0.25) is 0 Å². The van der Waals surface area contributed by atoms with Gasteiger partial charge in [0.15, 0.2) is 0 Å². The molecule has 2 nitrogen and oxygen atoms in total. The van der Waals surface area contributed by atoms with Crippen LogP contribution in [0.3, 0.4) is 0 Å². The van der Waals surface area contributed by atoms with Crippen LogP contribution in [-0.2, 0) is 0 Å².